The summed E-state index contributed by atoms with van der Waals surface area (Å²) in [5.41, 5.74) is 3.60. The van der Waals surface area contributed by atoms with E-state index in [1.54, 1.807) is 18.2 Å². The van der Waals surface area contributed by atoms with Crippen molar-refractivity contribution in [2.24, 2.45) is 0 Å². The van der Waals surface area contributed by atoms with E-state index in [-0.39, 0.29) is 5.91 Å². The van der Waals surface area contributed by atoms with E-state index < -0.39 is 5.97 Å². The van der Waals surface area contributed by atoms with Crippen LogP contribution in [0, 0.1) is 11.8 Å². The number of esters is 1. The van der Waals surface area contributed by atoms with Gasteiger partial charge in [-0.2, -0.15) is 0 Å². The largest absolute Gasteiger partial charge is 0.486 e. The maximum atomic E-state index is 12.4. The highest BCUT2D eigenvalue weighted by Crippen LogP contribution is 2.31. The Hall–Kier alpha value is -4.24. The lowest BCUT2D eigenvalue weighted by atomic mass is 10.1. The fourth-order valence-electron chi connectivity index (χ4n) is 3.39. The Morgan fingerprint density at radius 3 is 2.42 bits per heavy atom. The summed E-state index contributed by atoms with van der Waals surface area (Å²) in [4.78, 5) is 24.1. The quantitative estimate of drug-likeness (QED) is 0.474. The molecule has 1 aliphatic heterocycles. The van der Waals surface area contributed by atoms with Crippen LogP contribution in [-0.2, 0) is 16.0 Å². The summed E-state index contributed by atoms with van der Waals surface area (Å²) in [5.74, 6) is 7.09. The molecule has 0 fully saturated rings. The highest BCUT2D eigenvalue weighted by atomic mass is 16.6. The van der Waals surface area contributed by atoms with Crippen molar-refractivity contribution in [3.8, 4) is 23.3 Å². The van der Waals surface area contributed by atoms with Crippen LogP contribution >= 0.6 is 0 Å². The minimum absolute atomic E-state index is 0.0826. The Morgan fingerprint density at radius 1 is 0.909 bits per heavy atom. The van der Waals surface area contributed by atoms with Crippen molar-refractivity contribution >= 4 is 17.6 Å². The van der Waals surface area contributed by atoms with Gasteiger partial charge < -0.3 is 19.5 Å². The molecule has 0 unspecified atom stereocenters. The van der Waals surface area contributed by atoms with Crippen molar-refractivity contribution in [3.05, 3.63) is 89.0 Å². The zero-order chi connectivity index (χ0) is 23.0. The number of aryl methyl sites for hydroxylation is 1. The van der Waals surface area contributed by atoms with Crippen molar-refractivity contribution in [1.29, 1.82) is 0 Å². The van der Waals surface area contributed by atoms with Gasteiger partial charge in [-0.3, -0.25) is 4.79 Å². The van der Waals surface area contributed by atoms with E-state index in [2.05, 4.69) is 17.2 Å². The van der Waals surface area contributed by atoms with Gasteiger partial charge in [-0.25, -0.2) is 4.79 Å². The smallest absolute Gasteiger partial charge is 0.337 e. The molecule has 3 aromatic carbocycles. The molecule has 0 bridgehead atoms. The zero-order valence-electron chi connectivity index (χ0n) is 18.2. The zero-order valence-corrected chi connectivity index (χ0v) is 18.2. The van der Waals surface area contributed by atoms with Crippen LogP contribution in [-0.4, -0.2) is 32.2 Å². The van der Waals surface area contributed by atoms with Gasteiger partial charge in [-0.15, -0.1) is 0 Å². The van der Waals surface area contributed by atoms with Crippen molar-refractivity contribution in [3.63, 3.8) is 0 Å². The molecule has 0 atom stereocenters. The number of benzene rings is 3. The normalized spacial score (nSPS) is 11.7. The molecule has 1 amide bonds. The summed E-state index contributed by atoms with van der Waals surface area (Å²) >= 11 is 0. The number of nitrogens with one attached hydrogen (secondary N) is 1. The summed E-state index contributed by atoms with van der Waals surface area (Å²) in [7, 11) is 1.34. The predicted octanol–water partition coefficient (Wildman–Crippen LogP) is 4.22. The lowest BCUT2D eigenvalue weighted by Crippen LogP contribution is -2.15. The summed E-state index contributed by atoms with van der Waals surface area (Å²) in [6.45, 7) is 1.09. The monoisotopic (exact) mass is 441 g/mol. The summed E-state index contributed by atoms with van der Waals surface area (Å²) in [5, 5.41) is 2.92. The Morgan fingerprint density at radius 2 is 1.64 bits per heavy atom. The van der Waals surface area contributed by atoms with Crippen LogP contribution in [0.2, 0.25) is 0 Å². The molecule has 0 saturated heterocycles. The molecule has 0 saturated carbocycles. The molecule has 4 rings (SSSR count). The van der Waals surface area contributed by atoms with Crippen LogP contribution in [0.3, 0.4) is 0 Å². The Labute approximate surface area is 192 Å². The predicted molar refractivity (Wildman–Crippen MR) is 125 cm³/mol. The number of rotatable bonds is 5. The molecule has 6 nitrogen and oxygen atoms in total. The van der Waals surface area contributed by atoms with E-state index in [1.165, 1.54) is 7.11 Å². The van der Waals surface area contributed by atoms with Gasteiger partial charge in [-0.1, -0.05) is 30.0 Å². The number of fused-ring (bicyclic) bond motifs is 1. The third-order valence-corrected chi connectivity index (χ3v) is 5.03. The maximum absolute atomic E-state index is 12.4. The molecular weight excluding hydrogens is 418 g/mol. The van der Waals surface area contributed by atoms with E-state index in [9.17, 15) is 9.59 Å². The Bertz CT molecular complexity index is 1240. The van der Waals surface area contributed by atoms with Gasteiger partial charge in [0.2, 0.25) is 5.91 Å². The number of carbonyl (C=O) groups is 2. The SMILES string of the molecule is COC(=O)c1cccc(C#Cc2cccc(NC(=O)CCc3ccc4c(c3)OCCO4)c2)c1. The van der Waals surface area contributed by atoms with Gasteiger partial charge in [0.05, 0.1) is 12.7 Å². The Balaban J connectivity index is 1.36. The van der Waals surface area contributed by atoms with Gasteiger partial charge in [0, 0.05) is 23.2 Å². The first kappa shape index (κ1) is 22.0. The van der Waals surface area contributed by atoms with E-state index in [1.807, 2.05) is 48.5 Å². The molecule has 1 aliphatic rings. The molecule has 0 aromatic heterocycles. The number of amides is 1. The summed E-state index contributed by atoms with van der Waals surface area (Å²) in [6, 6.07) is 20.0. The number of methoxy groups -OCH3 is 1. The summed E-state index contributed by atoms with van der Waals surface area (Å²) in [6.07, 6.45) is 0.939. The maximum Gasteiger partial charge on any atom is 0.337 e. The number of hydrogen-bond acceptors (Lipinski definition) is 5. The molecule has 6 heteroatoms. The van der Waals surface area contributed by atoms with E-state index in [4.69, 9.17) is 14.2 Å². The molecular formula is C27H23NO5. The number of carbonyl (C=O) groups excluding carboxylic acids is 2. The molecule has 0 aliphatic carbocycles. The van der Waals surface area contributed by atoms with Crippen molar-refractivity contribution in [2.75, 3.05) is 25.6 Å². The second-order valence-corrected chi connectivity index (χ2v) is 7.43. The van der Waals surface area contributed by atoms with Gasteiger partial charge >= 0.3 is 5.97 Å². The van der Waals surface area contributed by atoms with E-state index in [0.29, 0.717) is 42.9 Å². The van der Waals surface area contributed by atoms with Crippen molar-refractivity contribution in [1.82, 2.24) is 0 Å². The van der Waals surface area contributed by atoms with Crippen LogP contribution in [0.5, 0.6) is 11.5 Å². The fourth-order valence-corrected chi connectivity index (χ4v) is 3.39. The Kier molecular flexibility index (Phi) is 6.91. The minimum Gasteiger partial charge on any atom is -0.486 e. The highest BCUT2D eigenvalue weighted by Gasteiger charge is 2.12. The van der Waals surface area contributed by atoms with Crippen molar-refractivity contribution in [2.45, 2.75) is 12.8 Å². The first-order chi connectivity index (χ1) is 16.1. The van der Waals surface area contributed by atoms with E-state index >= 15 is 0 Å². The van der Waals surface area contributed by atoms with Crippen LogP contribution in [0.1, 0.15) is 33.5 Å². The van der Waals surface area contributed by atoms with Crippen LogP contribution < -0.4 is 14.8 Å². The van der Waals surface area contributed by atoms with Gasteiger partial charge in [0.1, 0.15) is 13.2 Å². The van der Waals surface area contributed by atoms with Crippen LogP contribution in [0.4, 0.5) is 5.69 Å². The molecule has 0 spiro atoms. The van der Waals surface area contributed by atoms with E-state index in [0.717, 1.165) is 22.6 Å². The lowest BCUT2D eigenvalue weighted by molar-refractivity contribution is -0.116. The standard InChI is InChI=1S/C27H23NO5/c1-31-27(30)22-6-2-4-19(16-22)8-9-20-5-3-7-23(17-20)28-26(29)13-11-21-10-12-24-25(18-21)33-15-14-32-24/h2-7,10,12,16-18H,11,13-15H2,1H3,(H,28,29). The first-order valence-electron chi connectivity index (χ1n) is 10.6. The average Bonchev–Trinajstić information content (AvgIpc) is 2.86. The van der Waals surface area contributed by atoms with Crippen LogP contribution in [0.25, 0.3) is 0 Å². The van der Waals surface area contributed by atoms with Gasteiger partial charge in [0.25, 0.3) is 0 Å². The lowest BCUT2D eigenvalue weighted by Gasteiger charge is -2.18. The third-order valence-electron chi connectivity index (χ3n) is 5.03. The summed E-state index contributed by atoms with van der Waals surface area (Å²) < 4.78 is 15.9. The molecule has 0 radical (unpaired) electrons. The molecule has 1 N–H and O–H groups in total. The second kappa shape index (κ2) is 10.4. The highest BCUT2D eigenvalue weighted by molar-refractivity contribution is 5.91. The second-order valence-electron chi connectivity index (χ2n) is 7.43. The number of ether oxygens (including phenoxy) is 3. The topological polar surface area (TPSA) is 73.9 Å². The van der Waals surface area contributed by atoms with Gasteiger partial charge in [0.15, 0.2) is 11.5 Å². The third kappa shape index (κ3) is 5.92. The number of anilines is 1. The fraction of sp³-hybridized carbons (Fsp3) is 0.185. The molecule has 3 aromatic rings. The van der Waals surface area contributed by atoms with Crippen molar-refractivity contribution < 1.29 is 23.8 Å². The minimum atomic E-state index is -0.403. The average molecular weight is 441 g/mol. The molecule has 33 heavy (non-hydrogen) atoms. The first-order valence-corrected chi connectivity index (χ1v) is 10.6. The molecule has 1 heterocycles. The number of hydrogen-bond donors (Lipinski definition) is 1. The van der Waals surface area contributed by atoms with Crippen LogP contribution in [0.15, 0.2) is 66.7 Å². The molecule has 166 valence electrons. The van der Waals surface area contributed by atoms with Gasteiger partial charge in [-0.05, 0) is 60.5 Å².